The van der Waals surface area contributed by atoms with Gasteiger partial charge in [0.1, 0.15) is 5.82 Å². The lowest BCUT2D eigenvalue weighted by Crippen LogP contribution is -2.36. The van der Waals surface area contributed by atoms with E-state index in [1.54, 1.807) is 0 Å². The normalized spacial score (nSPS) is 14.5. The maximum atomic E-state index is 12.2. The Hall–Kier alpha value is -2.40. The Balaban J connectivity index is 1.56. The van der Waals surface area contributed by atoms with Crippen LogP contribution in [0.3, 0.4) is 0 Å². The van der Waals surface area contributed by atoms with Crippen LogP contribution in [0, 0.1) is 6.92 Å². The zero-order chi connectivity index (χ0) is 16.8. The van der Waals surface area contributed by atoms with E-state index in [4.69, 9.17) is 4.74 Å². The molecular weight excluding hydrogens is 302 g/mol. The molecule has 0 spiro atoms. The third-order valence-electron chi connectivity index (χ3n) is 4.20. The highest BCUT2D eigenvalue weighted by Gasteiger charge is 2.13. The average molecular weight is 325 g/mol. The lowest BCUT2D eigenvalue weighted by atomic mass is 10.1. The molecule has 1 aliphatic heterocycles. The van der Waals surface area contributed by atoms with E-state index in [9.17, 15) is 4.79 Å². The van der Waals surface area contributed by atoms with Gasteiger partial charge in [-0.25, -0.2) is 4.98 Å². The van der Waals surface area contributed by atoms with E-state index in [1.165, 1.54) is 0 Å². The predicted molar refractivity (Wildman–Crippen MR) is 95.4 cm³/mol. The zero-order valence-corrected chi connectivity index (χ0v) is 14.0. The Morgan fingerprint density at radius 3 is 2.83 bits per heavy atom. The van der Waals surface area contributed by atoms with E-state index in [0.29, 0.717) is 12.8 Å². The van der Waals surface area contributed by atoms with Gasteiger partial charge >= 0.3 is 0 Å². The molecule has 1 aromatic heterocycles. The summed E-state index contributed by atoms with van der Waals surface area (Å²) in [6.45, 7) is 5.21. The molecule has 1 saturated heterocycles. The molecule has 0 radical (unpaired) electrons. The molecule has 0 atom stereocenters. The summed E-state index contributed by atoms with van der Waals surface area (Å²) in [5.41, 5.74) is 3.09. The Bertz CT molecular complexity index is 697. The van der Waals surface area contributed by atoms with E-state index in [-0.39, 0.29) is 5.91 Å². The molecular formula is C19H23N3O2. The van der Waals surface area contributed by atoms with E-state index >= 15 is 0 Å². The van der Waals surface area contributed by atoms with Crippen LogP contribution in [0.2, 0.25) is 0 Å². The number of morpholine rings is 1. The summed E-state index contributed by atoms with van der Waals surface area (Å²) in [6, 6.07) is 11.9. The van der Waals surface area contributed by atoms with Gasteiger partial charge in [0.2, 0.25) is 5.91 Å². The number of hydrogen-bond acceptors (Lipinski definition) is 4. The number of ether oxygens (including phenoxy) is 1. The quantitative estimate of drug-likeness (QED) is 0.918. The van der Waals surface area contributed by atoms with Crippen LogP contribution in [0.15, 0.2) is 42.6 Å². The molecule has 3 rings (SSSR count). The minimum Gasteiger partial charge on any atom is -0.378 e. The summed E-state index contributed by atoms with van der Waals surface area (Å²) in [6.07, 6.45) is 2.98. The molecule has 2 aromatic rings. The fourth-order valence-electron chi connectivity index (χ4n) is 2.77. The van der Waals surface area contributed by atoms with Gasteiger partial charge in [-0.1, -0.05) is 18.2 Å². The number of anilines is 2. The second-order valence-corrected chi connectivity index (χ2v) is 5.98. The molecule has 0 bridgehead atoms. The van der Waals surface area contributed by atoms with Gasteiger partial charge in [0.25, 0.3) is 0 Å². The van der Waals surface area contributed by atoms with E-state index in [0.717, 1.165) is 48.9 Å². The Kier molecular flexibility index (Phi) is 5.43. The van der Waals surface area contributed by atoms with Gasteiger partial charge in [0, 0.05) is 31.4 Å². The number of aromatic nitrogens is 1. The van der Waals surface area contributed by atoms with Crippen molar-refractivity contribution in [2.45, 2.75) is 19.8 Å². The fraction of sp³-hybridized carbons (Fsp3) is 0.368. The van der Waals surface area contributed by atoms with Crippen LogP contribution in [0.5, 0.6) is 0 Å². The molecule has 0 aliphatic carbocycles. The predicted octanol–water partition coefficient (Wildman–Crippen LogP) is 2.80. The molecule has 1 amide bonds. The van der Waals surface area contributed by atoms with Gasteiger partial charge in [-0.2, -0.15) is 0 Å². The highest BCUT2D eigenvalue weighted by Crippen LogP contribution is 2.17. The van der Waals surface area contributed by atoms with Crippen molar-refractivity contribution in [2.24, 2.45) is 0 Å². The standard InChI is InChI=1S/C19H23N3O2/c1-15-4-2-3-5-17(15)21-19(23)7-6-16-8-9-20-18(14-16)22-10-12-24-13-11-22/h2-5,8-9,14H,6-7,10-13H2,1H3,(H,21,23). The zero-order valence-electron chi connectivity index (χ0n) is 14.0. The van der Waals surface area contributed by atoms with Gasteiger partial charge in [0.15, 0.2) is 0 Å². The highest BCUT2D eigenvalue weighted by molar-refractivity contribution is 5.91. The van der Waals surface area contributed by atoms with E-state index in [2.05, 4.69) is 21.3 Å². The van der Waals surface area contributed by atoms with Crippen molar-refractivity contribution in [2.75, 3.05) is 36.5 Å². The number of para-hydroxylation sites is 1. The smallest absolute Gasteiger partial charge is 0.224 e. The van der Waals surface area contributed by atoms with Crippen molar-refractivity contribution in [3.63, 3.8) is 0 Å². The van der Waals surface area contributed by atoms with Crippen molar-refractivity contribution in [1.29, 1.82) is 0 Å². The van der Waals surface area contributed by atoms with Crippen LogP contribution in [0.25, 0.3) is 0 Å². The molecule has 2 heterocycles. The number of carbonyl (C=O) groups is 1. The number of aryl methyl sites for hydroxylation is 2. The molecule has 0 unspecified atom stereocenters. The second-order valence-electron chi connectivity index (χ2n) is 5.98. The summed E-state index contributed by atoms with van der Waals surface area (Å²) in [5.74, 6) is 1.00. The van der Waals surface area contributed by atoms with Crippen molar-refractivity contribution in [1.82, 2.24) is 4.98 Å². The van der Waals surface area contributed by atoms with Gasteiger partial charge in [-0.3, -0.25) is 4.79 Å². The first-order chi connectivity index (χ1) is 11.7. The Morgan fingerprint density at radius 1 is 1.25 bits per heavy atom. The monoisotopic (exact) mass is 325 g/mol. The number of hydrogen-bond donors (Lipinski definition) is 1. The highest BCUT2D eigenvalue weighted by atomic mass is 16.5. The summed E-state index contributed by atoms with van der Waals surface area (Å²) in [7, 11) is 0. The number of nitrogens with one attached hydrogen (secondary N) is 1. The Labute approximate surface area is 142 Å². The van der Waals surface area contributed by atoms with Crippen LogP contribution in [0.1, 0.15) is 17.5 Å². The van der Waals surface area contributed by atoms with Crippen LogP contribution in [-0.2, 0) is 16.0 Å². The van der Waals surface area contributed by atoms with Crippen molar-refractivity contribution in [3.05, 3.63) is 53.7 Å². The van der Waals surface area contributed by atoms with Crippen LogP contribution in [-0.4, -0.2) is 37.2 Å². The number of rotatable bonds is 5. The molecule has 1 aliphatic rings. The lowest BCUT2D eigenvalue weighted by molar-refractivity contribution is -0.116. The van der Waals surface area contributed by atoms with E-state index < -0.39 is 0 Å². The summed E-state index contributed by atoms with van der Waals surface area (Å²) in [4.78, 5) is 18.8. The van der Waals surface area contributed by atoms with E-state index in [1.807, 2.05) is 43.5 Å². The second kappa shape index (κ2) is 7.93. The summed E-state index contributed by atoms with van der Waals surface area (Å²) in [5, 5.41) is 2.98. The molecule has 1 N–H and O–H groups in total. The number of benzene rings is 1. The maximum absolute atomic E-state index is 12.2. The molecule has 0 saturated carbocycles. The molecule has 126 valence electrons. The molecule has 1 aromatic carbocycles. The maximum Gasteiger partial charge on any atom is 0.224 e. The molecule has 24 heavy (non-hydrogen) atoms. The van der Waals surface area contributed by atoms with Crippen molar-refractivity contribution < 1.29 is 9.53 Å². The first-order valence-corrected chi connectivity index (χ1v) is 8.35. The Morgan fingerprint density at radius 2 is 2.04 bits per heavy atom. The SMILES string of the molecule is Cc1ccccc1NC(=O)CCc1ccnc(N2CCOCC2)c1. The fourth-order valence-corrected chi connectivity index (χ4v) is 2.77. The average Bonchev–Trinajstić information content (AvgIpc) is 2.63. The third-order valence-corrected chi connectivity index (χ3v) is 4.20. The molecule has 5 heteroatoms. The first-order valence-electron chi connectivity index (χ1n) is 8.35. The molecule has 5 nitrogen and oxygen atoms in total. The number of nitrogens with zero attached hydrogens (tertiary/aromatic N) is 2. The van der Waals surface area contributed by atoms with Gasteiger partial charge in [-0.15, -0.1) is 0 Å². The van der Waals surface area contributed by atoms with Gasteiger partial charge in [-0.05, 0) is 42.7 Å². The molecule has 1 fully saturated rings. The van der Waals surface area contributed by atoms with Gasteiger partial charge < -0.3 is 15.0 Å². The third kappa shape index (κ3) is 4.32. The van der Waals surface area contributed by atoms with Crippen LogP contribution < -0.4 is 10.2 Å². The summed E-state index contributed by atoms with van der Waals surface area (Å²) < 4.78 is 5.37. The largest absolute Gasteiger partial charge is 0.378 e. The first kappa shape index (κ1) is 16.5. The lowest BCUT2D eigenvalue weighted by Gasteiger charge is -2.28. The summed E-state index contributed by atoms with van der Waals surface area (Å²) >= 11 is 0. The minimum atomic E-state index is 0.0361. The van der Waals surface area contributed by atoms with Crippen LogP contribution >= 0.6 is 0 Å². The number of carbonyl (C=O) groups excluding carboxylic acids is 1. The van der Waals surface area contributed by atoms with Crippen LogP contribution in [0.4, 0.5) is 11.5 Å². The van der Waals surface area contributed by atoms with Gasteiger partial charge in [0.05, 0.1) is 13.2 Å². The van der Waals surface area contributed by atoms with Crippen molar-refractivity contribution in [3.8, 4) is 0 Å². The number of amides is 1. The minimum absolute atomic E-state index is 0.0361. The topological polar surface area (TPSA) is 54.5 Å². The number of pyridine rings is 1. The van der Waals surface area contributed by atoms with Crippen molar-refractivity contribution >= 4 is 17.4 Å².